The molecule has 6 aromatic carbocycles. The van der Waals surface area contributed by atoms with Crippen molar-refractivity contribution in [3.05, 3.63) is 133 Å². The second kappa shape index (κ2) is 12.2. The van der Waals surface area contributed by atoms with Gasteiger partial charge >= 0.3 is 0 Å². The van der Waals surface area contributed by atoms with Crippen LogP contribution in [-0.2, 0) is 9.84 Å². The number of fused-ring (bicyclic) bond motifs is 2. The first kappa shape index (κ1) is 31.4. The minimum Gasteiger partial charge on any atom is -0.508 e. The van der Waals surface area contributed by atoms with E-state index in [1.165, 1.54) is 48.5 Å². The van der Waals surface area contributed by atoms with Gasteiger partial charge in [-0.25, -0.2) is 28.4 Å². The molecular formula is C40H26N4O6S. The lowest BCUT2D eigenvalue weighted by molar-refractivity contribution is 0.475. The number of aromatic hydroxyl groups is 4. The first-order valence-electron chi connectivity index (χ1n) is 15.7. The van der Waals surface area contributed by atoms with Gasteiger partial charge in [0, 0.05) is 22.3 Å². The fraction of sp³-hybridized carbons (Fsp3) is 0. The van der Waals surface area contributed by atoms with Crippen molar-refractivity contribution in [1.29, 1.82) is 0 Å². The summed E-state index contributed by atoms with van der Waals surface area (Å²) in [6.07, 6.45) is 0. The van der Waals surface area contributed by atoms with Crippen LogP contribution in [0.5, 0.6) is 23.0 Å². The van der Waals surface area contributed by atoms with Crippen molar-refractivity contribution in [2.75, 3.05) is 0 Å². The minimum absolute atomic E-state index is 0.00474. The van der Waals surface area contributed by atoms with E-state index in [1.54, 1.807) is 84.9 Å². The topological polar surface area (TPSA) is 167 Å². The van der Waals surface area contributed by atoms with Crippen molar-refractivity contribution in [2.45, 2.75) is 9.79 Å². The molecule has 0 aliphatic heterocycles. The van der Waals surface area contributed by atoms with Crippen LogP contribution in [-0.4, -0.2) is 48.8 Å². The number of phenols is 4. The van der Waals surface area contributed by atoms with Crippen molar-refractivity contribution in [3.8, 4) is 68.0 Å². The SMILES string of the molecule is O=S(=O)(c1ccc2nc(-c3ccc(O)cc3)c(-c3ccc(O)cc3)nc2c1)c1ccc2nc(-c3ccc(O)cc3)c(-c3ccc(O)cc3)nc2c1. The quantitative estimate of drug-likeness (QED) is 0.135. The average Bonchev–Trinajstić information content (AvgIpc) is 3.14. The van der Waals surface area contributed by atoms with E-state index in [1.807, 2.05) is 0 Å². The maximum Gasteiger partial charge on any atom is 0.206 e. The fourth-order valence-corrected chi connectivity index (χ4v) is 7.12. The Balaban J connectivity index is 1.25. The van der Waals surface area contributed by atoms with Gasteiger partial charge in [-0.2, -0.15) is 0 Å². The lowest BCUT2D eigenvalue weighted by atomic mass is 10.0. The van der Waals surface area contributed by atoms with Gasteiger partial charge < -0.3 is 20.4 Å². The summed E-state index contributed by atoms with van der Waals surface area (Å²) < 4.78 is 28.3. The molecule has 4 N–H and O–H groups in total. The fourth-order valence-electron chi connectivity index (χ4n) is 5.82. The van der Waals surface area contributed by atoms with E-state index < -0.39 is 9.84 Å². The minimum atomic E-state index is -4.08. The molecule has 0 atom stereocenters. The summed E-state index contributed by atoms with van der Waals surface area (Å²) in [6.45, 7) is 0. The predicted molar refractivity (Wildman–Crippen MR) is 193 cm³/mol. The van der Waals surface area contributed by atoms with Gasteiger partial charge in [-0.05, 0) is 133 Å². The summed E-state index contributed by atoms with van der Waals surface area (Å²) in [4.78, 5) is 19.4. The Hall–Kier alpha value is -6.85. The Morgan fingerprint density at radius 3 is 0.863 bits per heavy atom. The van der Waals surface area contributed by atoms with Crippen molar-refractivity contribution < 1.29 is 28.8 Å². The Bertz CT molecular complexity index is 2540. The van der Waals surface area contributed by atoms with Gasteiger partial charge in [0.15, 0.2) is 0 Å². The van der Waals surface area contributed by atoms with Crippen LogP contribution in [0.2, 0.25) is 0 Å². The van der Waals surface area contributed by atoms with Crippen molar-refractivity contribution >= 4 is 31.9 Å². The molecular weight excluding hydrogens is 665 g/mol. The third-order valence-electron chi connectivity index (χ3n) is 8.45. The highest BCUT2D eigenvalue weighted by Crippen LogP contribution is 2.36. The smallest absolute Gasteiger partial charge is 0.206 e. The van der Waals surface area contributed by atoms with E-state index in [-0.39, 0.29) is 32.8 Å². The summed E-state index contributed by atoms with van der Waals surface area (Å²) in [5.41, 5.74) is 6.29. The number of benzene rings is 6. The van der Waals surface area contributed by atoms with Crippen LogP contribution in [0.4, 0.5) is 0 Å². The van der Waals surface area contributed by atoms with Crippen LogP contribution >= 0.6 is 0 Å². The molecule has 0 radical (unpaired) electrons. The first-order valence-corrected chi connectivity index (χ1v) is 17.2. The molecule has 0 bridgehead atoms. The molecule has 0 fully saturated rings. The molecule has 0 spiro atoms. The second-order valence-electron chi connectivity index (χ2n) is 11.8. The lowest BCUT2D eigenvalue weighted by Gasteiger charge is -2.13. The molecule has 0 unspecified atom stereocenters. The van der Waals surface area contributed by atoms with Crippen LogP contribution in [0.25, 0.3) is 67.1 Å². The largest absolute Gasteiger partial charge is 0.508 e. The van der Waals surface area contributed by atoms with Gasteiger partial charge in [0.2, 0.25) is 9.84 Å². The standard InChI is InChI=1S/C40H26N4O6S/c45-27-9-1-23(2-10-27)37-39(25-5-13-29(47)14-6-25)43-35-21-31(17-19-33(35)41-37)51(49,50)32-18-20-34-36(22-32)44-40(26-7-15-30(48)16-8-26)38(42-34)24-3-11-28(46)12-4-24/h1-22,45-48H. The maximum atomic E-state index is 14.1. The number of hydrogen-bond donors (Lipinski definition) is 4. The van der Waals surface area contributed by atoms with Crippen LogP contribution in [0.3, 0.4) is 0 Å². The molecule has 8 rings (SSSR count). The molecule has 2 heterocycles. The van der Waals surface area contributed by atoms with Crippen LogP contribution in [0.15, 0.2) is 143 Å². The van der Waals surface area contributed by atoms with Crippen molar-refractivity contribution in [3.63, 3.8) is 0 Å². The summed E-state index contributed by atoms with van der Waals surface area (Å²) >= 11 is 0. The van der Waals surface area contributed by atoms with Crippen LogP contribution in [0.1, 0.15) is 0 Å². The van der Waals surface area contributed by atoms with E-state index in [0.717, 1.165) is 0 Å². The predicted octanol–water partition coefficient (Wildman–Crippen LogP) is 7.90. The summed E-state index contributed by atoms with van der Waals surface area (Å²) in [5.74, 6) is 0.364. The molecule has 51 heavy (non-hydrogen) atoms. The zero-order valence-corrected chi connectivity index (χ0v) is 27.3. The highest BCUT2D eigenvalue weighted by atomic mass is 32.2. The van der Waals surface area contributed by atoms with Crippen molar-refractivity contribution in [2.24, 2.45) is 0 Å². The number of nitrogens with zero attached hydrogens (tertiary/aromatic N) is 4. The normalized spacial score (nSPS) is 11.6. The number of phenolic OH excluding ortho intramolecular Hbond substituents is 4. The van der Waals surface area contributed by atoms with Gasteiger partial charge in [0.25, 0.3) is 0 Å². The van der Waals surface area contributed by atoms with E-state index in [2.05, 4.69) is 0 Å². The number of aromatic nitrogens is 4. The Kier molecular flexibility index (Phi) is 7.54. The van der Waals surface area contributed by atoms with Crippen molar-refractivity contribution in [1.82, 2.24) is 19.9 Å². The second-order valence-corrected chi connectivity index (χ2v) is 13.8. The molecule has 0 saturated carbocycles. The molecule has 248 valence electrons. The molecule has 10 nitrogen and oxygen atoms in total. The van der Waals surface area contributed by atoms with Gasteiger partial charge in [0.1, 0.15) is 23.0 Å². The van der Waals surface area contributed by atoms with Gasteiger partial charge in [0.05, 0.1) is 54.6 Å². The Labute approximate surface area is 291 Å². The molecule has 0 saturated heterocycles. The highest BCUT2D eigenvalue weighted by Gasteiger charge is 2.22. The zero-order valence-electron chi connectivity index (χ0n) is 26.5. The maximum absolute atomic E-state index is 14.1. The van der Waals surface area contributed by atoms with E-state index in [4.69, 9.17) is 19.9 Å². The highest BCUT2D eigenvalue weighted by molar-refractivity contribution is 7.91. The third kappa shape index (κ3) is 5.91. The van der Waals surface area contributed by atoms with Crippen LogP contribution < -0.4 is 0 Å². The number of rotatable bonds is 6. The summed E-state index contributed by atoms with van der Waals surface area (Å²) in [5, 5.41) is 39.5. The van der Waals surface area contributed by atoms with E-state index in [0.29, 0.717) is 67.1 Å². The Morgan fingerprint density at radius 2 is 0.588 bits per heavy atom. The first-order chi connectivity index (χ1) is 24.6. The number of sulfone groups is 1. The summed E-state index contributed by atoms with van der Waals surface area (Å²) in [7, 11) is -4.08. The molecule has 11 heteroatoms. The molecule has 0 amide bonds. The lowest BCUT2D eigenvalue weighted by Crippen LogP contribution is -2.04. The monoisotopic (exact) mass is 690 g/mol. The zero-order chi connectivity index (χ0) is 35.3. The number of hydrogen-bond acceptors (Lipinski definition) is 10. The van der Waals surface area contributed by atoms with Crippen LogP contribution in [0, 0.1) is 0 Å². The molecule has 8 aromatic rings. The van der Waals surface area contributed by atoms with Gasteiger partial charge in [-0.3, -0.25) is 0 Å². The molecule has 0 aliphatic rings. The van der Waals surface area contributed by atoms with E-state index >= 15 is 0 Å². The third-order valence-corrected chi connectivity index (χ3v) is 10.2. The molecule has 0 aliphatic carbocycles. The average molecular weight is 691 g/mol. The Morgan fingerprint density at radius 1 is 0.333 bits per heavy atom. The summed E-state index contributed by atoms with van der Waals surface area (Å²) in [6, 6.07) is 35.1. The molecule has 2 aromatic heterocycles. The van der Waals surface area contributed by atoms with E-state index in [9.17, 15) is 28.8 Å². The van der Waals surface area contributed by atoms with Gasteiger partial charge in [-0.1, -0.05) is 0 Å². The van der Waals surface area contributed by atoms with Gasteiger partial charge in [-0.15, -0.1) is 0 Å².